The van der Waals surface area contributed by atoms with Crippen molar-refractivity contribution < 1.29 is 40.2 Å². The first kappa shape index (κ1) is 16.5. The summed E-state index contributed by atoms with van der Waals surface area (Å²) in [7, 11) is 0. The third kappa shape index (κ3) is 3.30. The van der Waals surface area contributed by atoms with Crippen molar-refractivity contribution in [3.05, 3.63) is 29.1 Å². The minimum Gasteiger partial charge on any atom is -0.395 e. The van der Waals surface area contributed by atoms with Gasteiger partial charge in [-0.3, -0.25) is 0 Å². The van der Waals surface area contributed by atoms with Crippen LogP contribution in [-0.4, -0.2) is 31.0 Å². The minimum absolute atomic E-state index is 0.170. The van der Waals surface area contributed by atoms with E-state index in [1.165, 1.54) is 0 Å². The first-order chi connectivity index (χ1) is 9.10. The molecule has 2 nitrogen and oxygen atoms in total. The Bertz CT molecular complexity index is 472. The Labute approximate surface area is 107 Å². The number of hydrogen-bond acceptors (Lipinski definition) is 2. The molecule has 1 rings (SSSR count). The third-order valence-corrected chi connectivity index (χ3v) is 2.24. The summed E-state index contributed by atoms with van der Waals surface area (Å²) in [6.45, 7) is -3.92. The fourth-order valence-corrected chi connectivity index (χ4v) is 1.48. The van der Waals surface area contributed by atoms with Crippen LogP contribution in [0.3, 0.4) is 0 Å². The van der Waals surface area contributed by atoms with E-state index in [4.69, 9.17) is 5.11 Å². The van der Waals surface area contributed by atoms with Gasteiger partial charge in [0.05, 0.1) is 6.61 Å². The second kappa shape index (κ2) is 5.81. The van der Waals surface area contributed by atoms with E-state index in [-0.39, 0.29) is 4.90 Å². The summed E-state index contributed by atoms with van der Waals surface area (Å²) < 4.78 is 102. The second-order valence-corrected chi connectivity index (χ2v) is 3.68. The Morgan fingerprint density at radius 3 is 1.55 bits per heavy atom. The highest BCUT2D eigenvalue weighted by molar-refractivity contribution is 5.50. The van der Waals surface area contributed by atoms with E-state index in [2.05, 4.69) is 0 Å². The zero-order valence-corrected chi connectivity index (χ0v) is 9.54. The molecule has 0 saturated heterocycles. The molecule has 0 aromatic heterocycles. The summed E-state index contributed by atoms with van der Waals surface area (Å²) in [4.78, 5) is -0.170. The van der Waals surface area contributed by atoms with E-state index in [1.54, 1.807) is 0 Å². The van der Waals surface area contributed by atoms with Crippen LogP contribution in [0.1, 0.15) is 0 Å². The van der Waals surface area contributed by atoms with E-state index in [1.807, 2.05) is 0 Å². The summed E-state index contributed by atoms with van der Waals surface area (Å²) in [6.07, 6.45) is -4.96. The van der Waals surface area contributed by atoms with Crippen LogP contribution in [-0.2, 0) is 0 Å². The zero-order valence-electron chi connectivity index (χ0n) is 9.54. The number of anilines is 1. The fourth-order valence-electron chi connectivity index (χ4n) is 1.48. The molecule has 0 amide bonds. The number of benzene rings is 1. The predicted molar refractivity (Wildman–Crippen MR) is 51.6 cm³/mol. The summed E-state index contributed by atoms with van der Waals surface area (Å²) in [5.74, 6) is -12.0. The van der Waals surface area contributed by atoms with Crippen molar-refractivity contribution in [3.63, 3.8) is 0 Å². The first-order valence-corrected chi connectivity index (χ1v) is 5.04. The Hall–Kier alpha value is -1.58. The summed E-state index contributed by atoms with van der Waals surface area (Å²) in [6, 6.07) is 0. The van der Waals surface area contributed by atoms with Gasteiger partial charge in [-0.2, -0.15) is 13.2 Å². The van der Waals surface area contributed by atoms with Crippen LogP contribution in [0.5, 0.6) is 0 Å². The molecule has 1 aromatic rings. The summed E-state index contributed by atoms with van der Waals surface area (Å²) >= 11 is 0. The maximum Gasteiger partial charge on any atom is 0.405 e. The molecule has 0 aliphatic heterocycles. The molecule has 0 spiro atoms. The second-order valence-electron chi connectivity index (χ2n) is 3.68. The number of aliphatic hydroxyl groups excluding tert-OH is 1. The quantitative estimate of drug-likeness (QED) is 0.525. The van der Waals surface area contributed by atoms with Crippen molar-refractivity contribution in [1.82, 2.24) is 0 Å². The molecule has 0 fully saturated rings. The molecule has 1 N–H and O–H groups in total. The molecular weight excluding hydrogens is 302 g/mol. The minimum atomic E-state index is -4.96. The van der Waals surface area contributed by atoms with Crippen molar-refractivity contribution >= 4 is 5.69 Å². The van der Waals surface area contributed by atoms with E-state index in [0.717, 1.165) is 0 Å². The van der Waals surface area contributed by atoms with Crippen LogP contribution < -0.4 is 4.90 Å². The van der Waals surface area contributed by atoms with Gasteiger partial charge in [0.25, 0.3) is 0 Å². The number of alkyl halides is 3. The standard InChI is InChI=1S/C10H7F8NO/c11-4-5(12)7(14)9(8(15)6(4)13)19(1-2-20)3-10(16,17)18/h20H,1-3H2. The monoisotopic (exact) mass is 309 g/mol. The van der Waals surface area contributed by atoms with Crippen LogP contribution in [0.25, 0.3) is 0 Å². The molecular formula is C10H7F8NO. The van der Waals surface area contributed by atoms with E-state index in [9.17, 15) is 35.1 Å². The van der Waals surface area contributed by atoms with Gasteiger partial charge in [-0.25, -0.2) is 22.0 Å². The molecule has 0 saturated carbocycles. The van der Waals surface area contributed by atoms with E-state index in [0.29, 0.717) is 0 Å². The van der Waals surface area contributed by atoms with Gasteiger partial charge in [0, 0.05) is 6.54 Å². The smallest absolute Gasteiger partial charge is 0.395 e. The molecule has 10 heteroatoms. The Kier molecular flexibility index (Phi) is 4.79. The Morgan fingerprint density at radius 1 is 0.800 bits per heavy atom. The maximum absolute atomic E-state index is 13.3. The van der Waals surface area contributed by atoms with Gasteiger partial charge < -0.3 is 10.0 Å². The zero-order chi connectivity index (χ0) is 15.7. The van der Waals surface area contributed by atoms with Crippen molar-refractivity contribution in [2.75, 3.05) is 24.6 Å². The Morgan fingerprint density at radius 2 is 1.20 bits per heavy atom. The van der Waals surface area contributed by atoms with Gasteiger partial charge in [-0.15, -0.1) is 0 Å². The SMILES string of the molecule is OCCN(CC(F)(F)F)c1c(F)c(F)c(F)c(F)c1F. The van der Waals surface area contributed by atoms with E-state index < -0.39 is 60.6 Å². The van der Waals surface area contributed by atoms with Gasteiger partial charge in [-0.1, -0.05) is 0 Å². The molecule has 0 atom stereocenters. The molecule has 0 bridgehead atoms. The van der Waals surface area contributed by atoms with Gasteiger partial charge in [0.1, 0.15) is 12.2 Å². The van der Waals surface area contributed by atoms with Crippen molar-refractivity contribution in [2.24, 2.45) is 0 Å². The van der Waals surface area contributed by atoms with Crippen LogP contribution in [0.15, 0.2) is 0 Å². The van der Waals surface area contributed by atoms with Gasteiger partial charge in [-0.05, 0) is 0 Å². The molecule has 20 heavy (non-hydrogen) atoms. The number of aliphatic hydroxyl groups is 1. The van der Waals surface area contributed by atoms with Crippen LogP contribution >= 0.6 is 0 Å². The predicted octanol–water partition coefficient (Wildman–Crippen LogP) is 2.74. The van der Waals surface area contributed by atoms with Crippen LogP contribution in [0.2, 0.25) is 0 Å². The number of nitrogens with zero attached hydrogens (tertiary/aromatic N) is 1. The fraction of sp³-hybridized carbons (Fsp3) is 0.400. The summed E-state index contributed by atoms with van der Waals surface area (Å²) in [5.41, 5.74) is -1.73. The highest BCUT2D eigenvalue weighted by Crippen LogP contribution is 2.31. The number of halogens is 8. The van der Waals surface area contributed by atoms with Crippen LogP contribution in [0, 0.1) is 29.1 Å². The molecule has 0 aliphatic rings. The van der Waals surface area contributed by atoms with Crippen molar-refractivity contribution in [1.29, 1.82) is 0 Å². The van der Waals surface area contributed by atoms with Crippen molar-refractivity contribution in [2.45, 2.75) is 6.18 Å². The lowest BCUT2D eigenvalue weighted by Gasteiger charge is -2.26. The molecule has 114 valence electrons. The average molecular weight is 309 g/mol. The maximum atomic E-state index is 13.3. The molecule has 0 radical (unpaired) electrons. The van der Waals surface area contributed by atoms with Gasteiger partial charge in [0.2, 0.25) is 5.82 Å². The third-order valence-electron chi connectivity index (χ3n) is 2.24. The average Bonchev–Trinajstić information content (AvgIpc) is 2.32. The van der Waals surface area contributed by atoms with E-state index >= 15 is 0 Å². The molecule has 0 aliphatic carbocycles. The van der Waals surface area contributed by atoms with Crippen molar-refractivity contribution in [3.8, 4) is 0 Å². The summed E-state index contributed by atoms with van der Waals surface area (Å²) in [5, 5.41) is 8.55. The highest BCUT2D eigenvalue weighted by atomic mass is 19.4. The molecule has 0 heterocycles. The topological polar surface area (TPSA) is 23.5 Å². The molecule has 1 aromatic carbocycles. The molecule has 0 unspecified atom stereocenters. The number of rotatable bonds is 4. The lowest BCUT2D eigenvalue weighted by Crippen LogP contribution is -2.38. The Balaban J connectivity index is 3.40. The van der Waals surface area contributed by atoms with Crippen LogP contribution in [0.4, 0.5) is 40.8 Å². The largest absolute Gasteiger partial charge is 0.405 e. The first-order valence-electron chi connectivity index (χ1n) is 5.04. The van der Waals surface area contributed by atoms with Gasteiger partial charge >= 0.3 is 6.18 Å². The lowest BCUT2D eigenvalue weighted by molar-refractivity contribution is -0.120. The number of hydrogen-bond donors (Lipinski definition) is 1. The lowest BCUT2D eigenvalue weighted by atomic mass is 10.2. The highest BCUT2D eigenvalue weighted by Gasteiger charge is 2.35. The normalized spacial score (nSPS) is 11.8. The van der Waals surface area contributed by atoms with Gasteiger partial charge in [0.15, 0.2) is 23.3 Å².